The lowest BCUT2D eigenvalue weighted by Gasteiger charge is -2.32. The van der Waals surface area contributed by atoms with Crippen LogP contribution in [0.2, 0.25) is 0 Å². The Balaban J connectivity index is 2.70. The van der Waals surface area contributed by atoms with E-state index in [4.69, 9.17) is 10.8 Å². The van der Waals surface area contributed by atoms with Crippen LogP contribution in [0.5, 0.6) is 0 Å². The summed E-state index contributed by atoms with van der Waals surface area (Å²) in [6, 6.07) is -2.09. The van der Waals surface area contributed by atoms with Gasteiger partial charge in [0.2, 0.25) is 17.7 Å². The van der Waals surface area contributed by atoms with Gasteiger partial charge in [0.05, 0.1) is 26.1 Å². The largest absolute Gasteiger partial charge is 0.480 e. The summed E-state index contributed by atoms with van der Waals surface area (Å²) in [4.78, 5) is 60.2. The van der Waals surface area contributed by atoms with Gasteiger partial charge in [0.15, 0.2) is 0 Å². The molecule has 1 saturated heterocycles. The van der Waals surface area contributed by atoms with E-state index < -0.39 is 52.8 Å². The Morgan fingerprint density at radius 2 is 1.70 bits per heavy atom. The maximum absolute atomic E-state index is 12.5. The van der Waals surface area contributed by atoms with Gasteiger partial charge in [-0.1, -0.05) is 0 Å². The minimum Gasteiger partial charge on any atom is -0.480 e. The van der Waals surface area contributed by atoms with E-state index in [0.717, 1.165) is 12.0 Å². The number of carboxylic acid groups (broad SMARTS) is 1. The lowest BCUT2D eigenvalue weighted by molar-refractivity contribution is -0.144. The van der Waals surface area contributed by atoms with Crippen LogP contribution >= 0.6 is 0 Å². The second-order valence-corrected chi connectivity index (χ2v) is 7.39. The Morgan fingerprint density at radius 1 is 1.15 bits per heavy atom. The van der Waals surface area contributed by atoms with E-state index in [1.165, 1.54) is 27.7 Å². The molecule has 2 atom stereocenters. The molecular formula is C16H26N4O7. The first-order valence-corrected chi connectivity index (χ1v) is 8.24. The molecule has 0 aromatic rings. The molecule has 1 heterocycles. The number of nitrogens with one attached hydrogen (secondary N) is 2. The number of carbonyl (C=O) groups excluding carboxylic acids is 4. The van der Waals surface area contributed by atoms with E-state index in [9.17, 15) is 24.0 Å². The summed E-state index contributed by atoms with van der Waals surface area (Å²) in [5.41, 5.74) is 2.79. The van der Waals surface area contributed by atoms with Crippen molar-refractivity contribution in [2.75, 3.05) is 13.7 Å². The number of hydrogen-bond donors (Lipinski definition) is 4. The molecule has 1 aliphatic rings. The van der Waals surface area contributed by atoms with Gasteiger partial charge in [-0.25, -0.2) is 4.79 Å². The lowest BCUT2D eigenvalue weighted by atomic mass is 9.98. The molecule has 5 N–H and O–H groups in total. The maximum Gasteiger partial charge on any atom is 0.328 e. The number of esters is 1. The molecule has 1 fully saturated rings. The van der Waals surface area contributed by atoms with E-state index in [1.54, 1.807) is 0 Å². The molecule has 11 heteroatoms. The molecule has 1 aliphatic heterocycles. The topological polar surface area (TPSA) is 168 Å². The van der Waals surface area contributed by atoms with Crippen LogP contribution in [-0.2, 0) is 28.7 Å². The normalized spacial score (nSPS) is 17.6. The number of ether oxygens (including phenoxy) is 1. The Labute approximate surface area is 156 Å². The van der Waals surface area contributed by atoms with Crippen LogP contribution in [0.1, 0.15) is 34.1 Å². The Morgan fingerprint density at radius 3 is 2.15 bits per heavy atom. The predicted octanol–water partition coefficient (Wildman–Crippen LogP) is -2.04. The summed E-state index contributed by atoms with van der Waals surface area (Å²) in [7, 11) is 1.16. The molecule has 0 bridgehead atoms. The van der Waals surface area contributed by atoms with Gasteiger partial charge in [-0.2, -0.15) is 0 Å². The fourth-order valence-corrected chi connectivity index (χ4v) is 2.24. The summed E-state index contributed by atoms with van der Waals surface area (Å²) in [6.07, 6.45) is -0.352. The van der Waals surface area contributed by atoms with Crippen molar-refractivity contribution in [2.45, 2.75) is 57.3 Å². The fraction of sp³-hybridized carbons (Fsp3) is 0.688. The van der Waals surface area contributed by atoms with Gasteiger partial charge in [-0.15, -0.1) is 0 Å². The van der Waals surface area contributed by atoms with Gasteiger partial charge in [-0.05, 0) is 27.7 Å². The standard InChI is InChI=1S/C16H26N4O7/c1-15(2,18-11(22)8(17)6-10(21)27-5)13(25)19-16(3,4)14(26)20-7-9(20)12(23)24/h8-9H,6-7,17H2,1-5H3,(H,18,22)(H,19,25)(H,23,24). The zero-order valence-corrected chi connectivity index (χ0v) is 16.0. The third kappa shape index (κ3) is 5.64. The van der Waals surface area contributed by atoms with Crippen molar-refractivity contribution in [1.29, 1.82) is 0 Å². The third-order valence-corrected chi connectivity index (χ3v) is 4.07. The van der Waals surface area contributed by atoms with Gasteiger partial charge < -0.3 is 31.1 Å². The molecule has 27 heavy (non-hydrogen) atoms. The summed E-state index contributed by atoms with van der Waals surface area (Å²) in [6.45, 7) is 5.76. The van der Waals surface area contributed by atoms with Crippen LogP contribution in [-0.4, -0.2) is 76.5 Å². The van der Waals surface area contributed by atoms with Crippen molar-refractivity contribution in [3.8, 4) is 0 Å². The number of methoxy groups -OCH3 is 1. The quantitative estimate of drug-likeness (QED) is 0.273. The molecule has 1 rings (SSSR count). The molecule has 0 saturated carbocycles. The monoisotopic (exact) mass is 386 g/mol. The molecule has 0 spiro atoms. The highest BCUT2D eigenvalue weighted by atomic mass is 16.5. The predicted molar refractivity (Wildman–Crippen MR) is 92.2 cm³/mol. The number of aliphatic carboxylic acids is 1. The van der Waals surface area contributed by atoms with E-state index >= 15 is 0 Å². The number of hydrogen-bond acceptors (Lipinski definition) is 7. The number of rotatable bonds is 8. The number of nitrogens with zero attached hydrogens (tertiary/aromatic N) is 1. The van der Waals surface area contributed by atoms with Gasteiger partial charge >= 0.3 is 11.9 Å². The Kier molecular flexibility index (Phi) is 6.54. The Hall–Kier alpha value is -2.69. The van der Waals surface area contributed by atoms with Gasteiger partial charge in [0.1, 0.15) is 17.1 Å². The maximum atomic E-state index is 12.5. The van der Waals surface area contributed by atoms with E-state index in [2.05, 4.69) is 15.4 Å². The van der Waals surface area contributed by atoms with E-state index in [-0.39, 0.29) is 13.0 Å². The molecular weight excluding hydrogens is 360 g/mol. The second-order valence-electron chi connectivity index (χ2n) is 7.39. The first kappa shape index (κ1) is 22.4. The SMILES string of the molecule is COC(=O)CC(N)C(=O)NC(C)(C)C(=O)NC(C)(C)C(=O)N1CC1C(=O)O. The molecule has 2 unspecified atom stereocenters. The minimum absolute atomic E-state index is 0.0793. The summed E-state index contributed by atoms with van der Waals surface area (Å²) < 4.78 is 4.43. The number of amides is 3. The summed E-state index contributed by atoms with van der Waals surface area (Å²) in [5.74, 6) is -3.74. The summed E-state index contributed by atoms with van der Waals surface area (Å²) in [5, 5.41) is 13.8. The first-order valence-electron chi connectivity index (χ1n) is 8.24. The van der Waals surface area contributed by atoms with Crippen LogP contribution in [0.25, 0.3) is 0 Å². The van der Waals surface area contributed by atoms with Crippen molar-refractivity contribution >= 4 is 29.7 Å². The molecule has 11 nitrogen and oxygen atoms in total. The number of nitrogens with two attached hydrogens (primary N) is 1. The molecule has 3 amide bonds. The summed E-state index contributed by atoms with van der Waals surface area (Å²) >= 11 is 0. The van der Waals surface area contributed by atoms with Crippen molar-refractivity contribution in [3.63, 3.8) is 0 Å². The molecule has 0 radical (unpaired) electrons. The van der Waals surface area contributed by atoms with Crippen LogP contribution in [0.4, 0.5) is 0 Å². The van der Waals surface area contributed by atoms with Gasteiger partial charge in [0.25, 0.3) is 0 Å². The molecule has 152 valence electrons. The van der Waals surface area contributed by atoms with Crippen LogP contribution in [0.3, 0.4) is 0 Å². The average Bonchev–Trinajstić information content (AvgIpc) is 3.33. The van der Waals surface area contributed by atoms with Gasteiger partial charge in [-0.3, -0.25) is 19.2 Å². The average molecular weight is 386 g/mol. The third-order valence-electron chi connectivity index (χ3n) is 4.07. The zero-order chi connectivity index (χ0) is 21.2. The highest BCUT2D eigenvalue weighted by Crippen LogP contribution is 2.23. The molecule has 0 aromatic heterocycles. The highest BCUT2D eigenvalue weighted by molar-refractivity contribution is 5.99. The zero-order valence-electron chi connectivity index (χ0n) is 16.0. The van der Waals surface area contributed by atoms with Crippen molar-refractivity contribution in [3.05, 3.63) is 0 Å². The number of carboxylic acids is 1. The smallest absolute Gasteiger partial charge is 0.328 e. The van der Waals surface area contributed by atoms with Gasteiger partial charge in [0, 0.05) is 0 Å². The molecule has 0 aromatic carbocycles. The first-order chi connectivity index (χ1) is 12.2. The number of carbonyl (C=O) groups is 5. The fourth-order valence-electron chi connectivity index (χ4n) is 2.24. The second kappa shape index (κ2) is 7.91. The van der Waals surface area contributed by atoms with Crippen LogP contribution in [0, 0.1) is 0 Å². The lowest BCUT2D eigenvalue weighted by Crippen LogP contribution is -2.63. The van der Waals surface area contributed by atoms with E-state index in [1.807, 2.05) is 0 Å². The van der Waals surface area contributed by atoms with E-state index in [0.29, 0.717) is 0 Å². The van der Waals surface area contributed by atoms with Crippen molar-refractivity contribution in [1.82, 2.24) is 15.5 Å². The minimum atomic E-state index is -1.44. The van der Waals surface area contributed by atoms with Crippen molar-refractivity contribution in [2.24, 2.45) is 5.73 Å². The highest BCUT2D eigenvalue weighted by Gasteiger charge is 2.50. The Bertz CT molecular complexity index is 659. The van der Waals surface area contributed by atoms with Crippen LogP contribution < -0.4 is 16.4 Å². The molecule has 0 aliphatic carbocycles. The van der Waals surface area contributed by atoms with Crippen molar-refractivity contribution < 1.29 is 33.8 Å². The van der Waals surface area contributed by atoms with Crippen LogP contribution in [0.15, 0.2) is 0 Å².